The molecule has 1 aromatic heterocycles. The molecule has 0 radical (unpaired) electrons. The van der Waals surface area contributed by atoms with Crippen molar-refractivity contribution in [1.29, 1.82) is 0 Å². The molecule has 2 aromatic rings. The van der Waals surface area contributed by atoms with Crippen LogP contribution >= 0.6 is 11.3 Å². The van der Waals surface area contributed by atoms with Crippen molar-refractivity contribution in [3.05, 3.63) is 57.8 Å². The fourth-order valence-corrected chi connectivity index (χ4v) is 2.75. The lowest BCUT2D eigenvalue weighted by Gasteiger charge is -2.05. The molecule has 1 aromatic carbocycles. The number of amides is 1. The summed E-state index contributed by atoms with van der Waals surface area (Å²) in [6.07, 6.45) is 4.91. The molecular weight excluding hydrogens is 282 g/mol. The first-order valence-corrected chi connectivity index (χ1v) is 7.74. The Morgan fingerprint density at radius 1 is 1.33 bits per heavy atom. The molecule has 0 fully saturated rings. The van der Waals surface area contributed by atoms with Crippen LogP contribution in [0.15, 0.2) is 42.5 Å². The third-order valence-corrected chi connectivity index (χ3v) is 3.94. The van der Waals surface area contributed by atoms with Crippen LogP contribution in [0, 0.1) is 6.92 Å². The number of benzene rings is 1. The Balaban J connectivity index is 1.94. The van der Waals surface area contributed by atoms with Gasteiger partial charge in [0.25, 0.3) is 0 Å². The monoisotopic (exact) mass is 301 g/mol. The third kappa shape index (κ3) is 5.17. The van der Waals surface area contributed by atoms with Crippen molar-refractivity contribution in [2.45, 2.75) is 19.8 Å². The summed E-state index contributed by atoms with van der Waals surface area (Å²) in [6, 6.07) is 11.7. The van der Waals surface area contributed by atoms with Crippen LogP contribution in [-0.2, 0) is 11.2 Å². The second kappa shape index (κ2) is 7.76. The van der Waals surface area contributed by atoms with E-state index in [2.05, 4.69) is 5.32 Å². The Hall–Kier alpha value is -1.91. The van der Waals surface area contributed by atoms with Gasteiger partial charge in [-0.15, -0.1) is 11.3 Å². The first-order valence-electron chi connectivity index (χ1n) is 6.92. The standard InChI is InChI=1S/C17H19NO2S/c1-13-7-8-16(21-13)9-10-17(20)18-15-6-2-4-14(12-15)5-3-11-19/h2,4,6-10,12,19H,3,5,11H2,1H3,(H,18,20)/b10-9+. The summed E-state index contributed by atoms with van der Waals surface area (Å²) in [4.78, 5) is 14.2. The Bertz CT molecular complexity index is 631. The predicted octanol–water partition coefficient (Wildman–Crippen LogP) is 3.63. The van der Waals surface area contributed by atoms with Crippen LogP contribution < -0.4 is 5.32 Å². The van der Waals surface area contributed by atoms with E-state index in [1.54, 1.807) is 17.4 Å². The van der Waals surface area contributed by atoms with Gasteiger partial charge in [0.05, 0.1) is 0 Å². The minimum atomic E-state index is -0.139. The number of hydrogen-bond donors (Lipinski definition) is 2. The molecule has 1 heterocycles. The molecule has 4 heteroatoms. The number of aliphatic hydroxyl groups is 1. The number of anilines is 1. The van der Waals surface area contributed by atoms with Crippen LogP contribution in [0.4, 0.5) is 5.69 Å². The Morgan fingerprint density at radius 2 is 2.19 bits per heavy atom. The molecule has 0 atom stereocenters. The summed E-state index contributed by atoms with van der Waals surface area (Å²) in [5.41, 5.74) is 1.89. The van der Waals surface area contributed by atoms with E-state index in [0.29, 0.717) is 0 Å². The van der Waals surface area contributed by atoms with Crippen LogP contribution in [0.1, 0.15) is 21.7 Å². The predicted molar refractivity (Wildman–Crippen MR) is 88.6 cm³/mol. The summed E-state index contributed by atoms with van der Waals surface area (Å²) >= 11 is 1.66. The van der Waals surface area contributed by atoms with Crippen LogP contribution in [0.3, 0.4) is 0 Å². The van der Waals surface area contributed by atoms with Crippen LogP contribution in [0.5, 0.6) is 0 Å². The average molecular weight is 301 g/mol. The number of carbonyl (C=O) groups is 1. The maximum absolute atomic E-state index is 11.9. The fraction of sp³-hybridized carbons (Fsp3) is 0.235. The van der Waals surface area contributed by atoms with Crippen molar-refractivity contribution in [2.75, 3.05) is 11.9 Å². The molecule has 3 nitrogen and oxygen atoms in total. The highest BCUT2D eigenvalue weighted by molar-refractivity contribution is 7.12. The van der Waals surface area contributed by atoms with Crippen molar-refractivity contribution >= 4 is 29.0 Å². The lowest BCUT2D eigenvalue weighted by molar-refractivity contribution is -0.111. The van der Waals surface area contributed by atoms with E-state index in [4.69, 9.17) is 5.11 Å². The van der Waals surface area contributed by atoms with Gasteiger partial charge in [-0.1, -0.05) is 12.1 Å². The van der Waals surface area contributed by atoms with E-state index in [-0.39, 0.29) is 12.5 Å². The highest BCUT2D eigenvalue weighted by Crippen LogP contribution is 2.17. The second-order valence-electron chi connectivity index (χ2n) is 4.80. The first kappa shape index (κ1) is 15.5. The topological polar surface area (TPSA) is 49.3 Å². The van der Waals surface area contributed by atoms with Crippen molar-refractivity contribution in [3.63, 3.8) is 0 Å². The van der Waals surface area contributed by atoms with Gasteiger partial charge in [0.1, 0.15) is 0 Å². The van der Waals surface area contributed by atoms with Crippen molar-refractivity contribution in [3.8, 4) is 0 Å². The number of aliphatic hydroxyl groups excluding tert-OH is 1. The lowest BCUT2D eigenvalue weighted by Crippen LogP contribution is -2.07. The van der Waals surface area contributed by atoms with Gasteiger partial charge in [-0.25, -0.2) is 0 Å². The normalized spacial score (nSPS) is 11.0. The molecular formula is C17H19NO2S. The third-order valence-electron chi connectivity index (χ3n) is 2.98. The van der Waals surface area contributed by atoms with E-state index in [1.807, 2.05) is 49.4 Å². The number of rotatable bonds is 6. The molecule has 0 spiro atoms. The molecule has 110 valence electrons. The SMILES string of the molecule is Cc1ccc(/C=C/C(=O)Nc2cccc(CCCO)c2)s1. The molecule has 0 saturated carbocycles. The molecule has 0 bridgehead atoms. The molecule has 0 aliphatic carbocycles. The van der Waals surface area contributed by atoms with Crippen LogP contribution in [0.25, 0.3) is 6.08 Å². The fourth-order valence-electron chi connectivity index (χ4n) is 1.97. The zero-order valence-corrected chi connectivity index (χ0v) is 12.8. The van der Waals surface area contributed by atoms with Crippen molar-refractivity contribution in [1.82, 2.24) is 0 Å². The summed E-state index contributed by atoms with van der Waals surface area (Å²) in [7, 11) is 0. The van der Waals surface area contributed by atoms with Gasteiger partial charge in [0, 0.05) is 28.1 Å². The van der Waals surface area contributed by atoms with Crippen LogP contribution in [0.2, 0.25) is 0 Å². The number of carbonyl (C=O) groups excluding carboxylic acids is 1. The van der Waals surface area contributed by atoms with Gasteiger partial charge in [-0.3, -0.25) is 4.79 Å². The number of thiophene rings is 1. The summed E-state index contributed by atoms with van der Waals surface area (Å²) < 4.78 is 0. The van der Waals surface area contributed by atoms with E-state index in [1.165, 1.54) is 4.88 Å². The van der Waals surface area contributed by atoms with E-state index in [9.17, 15) is 4.79 Å². The summed E-state index contributed by atoms with van der Waals surface area (Å²) in [5, 5.41) is 11.7. The lowest BCUT2D eigenvalue weighted by atomic mass is 10.1. The van der Waals surface area contributed by atoms with E-state index < -0.39 is 0 Å². The number of nitrogens with one attached hydrogen (secondary N) is 1. The van der Waals surface area contributed by atoms with Gasteiger partial charge in [-0.05, 0) is 55.7 Å². The highest BCUT2D eigenvalue weighted by atomic mass is 32.1. The summed E-state index contributed by atoms with van der Waals surface area (Å²) in [6.45, 7) is 2.22. The van der Waals surface area contributed by atoms with E-state index in [0.717, 1.165) is 29.0 Å². The molecule has 0 saturated heterocycles. The molecule has 0 aliphatic rings. The Morgan fingerprint density at radius 3 is 2.90 bits per heavy atom. The molecule has 2 rings (SSSR count). The second-order valence-corrected chi connectivity index (χ2v) is 6.12. The maximum atomic E-state index is 11.9. The van der Waals surface area contributed by atoms with E-state index >= 15 is 0 Å². The Labute approximate surface area is 128 Å². The minimum absolute atomic E-state index is 0.139. The molecule has 0 aliphatic heterocycles. The molecule has 2 N–H and O–H groups in total. The van der Waals surface area contributed by atoms with Crippen molar-refractivity contribution in [2.24, 2.45) is 0 Å². The molecule has 21 heavy (non-hydrogen) atoms. The van der Waals surface area contributed by atoms with Crippen molar-refractivity contribution < 1.29 is 9.90 Å². The van der Waals surface area contributed by atoms with Gasteiger partial charge in [0.2, 0.25) is 5.91 Å². The zero-order chi connectivity index (χ0) is 15.1. The van der Waals surface area contributed by atoms with Gasteiger partial charge in [0.15, 0.2) is 0 Å². The first-order chi connectivity index (χ1) is 10.2. The molecule has 0 unspecified atom stereocenters. The summed E-state index contributed by atoms with van der Waals surface area (Å²) in [5.74, 6) is -0.139. The van der Waals surface area contributed by atoms with Gasteiger partial charge >= 0.3 is 0 Å². The quantitative estimate of drug-likeness (QED) is 0.800. The molecule has 1 amide bonds. The minimum Gasteiger partial charge on any atom is -0.396 e. The zero-order valence-electron chi connectivity index (χ0n) is 12.0. The number of aryl methyl sites for hydroxylation is 2. The van der Waals surface area contributed by atoms with Gasteiger partial charge in [-0.2, -0.15) is 0 Å². The Kier molecular flexibility index (Phi) is 5.72. The van der Waals surface area contributed by atoms with Crippen LogP contribution in [-0.4, -0.2) is 17.6 Å². The highest BCUT2D eigenvalue weighted by Gasteiger charge is 2.00. The smallest absolute Gasteiger partial charge is 0.248 e. The maximum Gasteiger partial charge on any atom is 0.248 e. The number of hydrogen-bond acceptors (Lipinski definition) is 3. The largest absolute Gasteiger partial charge is 0.396 e. The van der Waals surface area contributed by atoms with Gasteiger partial charge < -0.3 is 10.4 Å². The average Bonchev–Trinajstić information content (AvgIpc) is 2.89.